The summed E-state index contributed by atoms with van der Waals surface area (Å²) in [5.74, 6) is -0.827. The minimum absolute atomic E-state index is 0.0335. The molecule has 5 N–H and O–H groups in total. The lowest BCUT2D eigenvalue weighted by molar-refractivity contribution is -0.312. The molecule has 5 aliphatic rings. The quantitative estimate of drug-likeness (QED) is 0.223. The fourth-order valence-electron chi connectivity index (χ4n) is 10.7. The van der Waals surface area contributed by atoms with Crippen molar-refractivity contribution in [1.29, 1.82) is 0 Å². The largest absolute Gasteiger partial charge is 0.481 e. The molecule has 0 unspecified atom stereocenters. The molecule has 0 amide bonds. The van der Waals surface area contributed by atoms with Gasteiger partial charge in [-0.1, -0.05) is 66.2 Å². The first-order valence-electron chi connectivity index (χ1n) is 17.5. The van der Waals surface area contributed by atoms with E-state index in [0.29, 0.717) is 31.6 Å². The maximum atomic E-state index is 13.3. The van der Waals surface area contributed by atoms with Crippen LogP contribution in [0, 0.1) is 45.3 Å². The van der Waals surface area contributed by atoms with Crippen molar-refractivity contribution in [2.45, 2.75) is 143 Å². The summed E-state index contributed by atoms with van der Waals surface area (Å²) in [4.78, 5) is 26.2. The van der Waals surface area contributed by atoms with Crippen LogP contribution in [0.25, 0.3) is 0 Å². The molecular weight excluding hydrogens is 588 g/mol. The average Bonchev–Trinajstić information content (AvgIpc) is 3.26. The molecule has 5 rings (SSSR count). The Kier molecular flexibility index (Phi) is 9.59. The van der Waals surface area contributed by atoms with Crippen molar-refractivity contribution in [2.75, 3.05) is 6.61 Å². The van der Waals surface area contributed by atoms with E-state index in [1.807, 2.05) is 13.8 Å². The SMILES string of the molecule is C=C(CC[C@@H](C(=O)O)[C@H]1CC[C@@]2(C)C3=C(CC[C@]12C)[C@@]1(C)CCC(=O)C(C)(C)[C@@H]1C[C@@H]3O[C@@H]1O[C@H](CO)[C@@H](O)[C@H](O)[C@H]1O)C(C)C. The molecular formula is C37H58O9. The number of carbonyl (C=O) groups is 2. The lowest BCUT2D eigenvalue weighted by atomic mass is 9.43. The molecule has 4 aliphatic carbocycles. The molecule has 260 valence electrons. The summed E-state index contributed by atoms with van der Waals surface area (Å²) < 4.78 is 12.6. The van der Waals surface area contributed by atoms with Crippen LogP contribution in [0.5, 0.6) is 0 Å². The second kappa shape index (κ2) is 12.4. The summed E-state index contributed by atoms with van der Waals surface area (Å²) in [6, 6.07) is 0. The fourth-order valence-corrected chi connectivity index (χ4v) is 10.7. The fraction of sp³-hybridized carbons (Fsp3) is 0.838. The van der Waals surface area contributed by atoms with Crippen molar-refractivity contribution in [1.82, 2.24) is 0 Å². The van der Waals surface area contributed by atoms with Crippen molar-refractivity contribution in [3.63, 3.8) is 0 Å². The third-order valence-corrected chi connectivity index (χ3v) is 14.1. The van der Waals surface area contributed by atoms with Crippen LogP contribution < -0.4 is 0 Å². The molecule has 9 heteroatoms. The molecule has 1 heterocycles. The summed E-state index contributed by atoms with van der Waals surface area (Å²) in [6.07, 6.45) is -1.40. The number of carboxylic acids is 1. The number of ketones is 1. The number of hydrogen-bond acceptors (Lipinski definition) is 8. The lowest BCUT2D eigenvalue weighted by Gasteiger charge is -2.62. The first-order valence-corrected chi connectivity index (χ1v) is 17.5. The van der Waals surface area contributed by atoms with Crippen LogP contribution in [0.3, 0.4) is 0 Å². The number of carboxylic acid groups (broad SMARTS) is 1. The zero-order valence-electron chi connectivity index (χ0n) is 28.9. The Morgan fingerprint density at radius 1 is 1.02 bits per heavy atom. The number of aliphatic hydroxyl groups excluding tert-OH is 4. The van der Waals surface area contributed by atoms with E-state index >= 15 is 0 Å². The van der Waals surface area contributed by atoms with Crippen LogP contribution in [0.4, 0.5) is 0 Å². The van der Waals surface area contributed by atoms with E-state index in [2.05, 4.69) is 41.2 Å². The molecule has 2 saturated carbocycles. The lowest BCUT2D eigenvalue weighted by Crippen LogP contribution is -2.61. The second-order valence-electron chi connectivity index (χ2n) is 16.8. The van der Waals surface area contributed by atoms with Crippen LogP contribution in [0.2, 0.25) is 0 Å². The summed E-state index contributed by atoms with van der Waals surface area (Å²) in [5, 5.41) is 52.5. The van der Waals surface area contributed by atoms with Crippen molar-refractivity contribution < 1.29 is 44.6 Å². The highest BCUT2D eigenvalue weighted by Crippen LogP contribution is 2.72. The first kappa shape index (κ1) is 35.7. The van der Waals surface area contributed by atoms with Crippen molar-refractivity contribution in [2.24, 2.45) is 45.3 Å². The van der Waals surface area contributed by atoms with Crippen molar-refractivity contribution in [3.05, 3.63) is 23.3 Å². The standard InChI is InChI=1S/C37H58O9/c1-19(2)20(3)9-10-21(32(43)44)22-11-16-37(8)28-23(12-15-36(22,37)7)35(6)14-13-27(39)34(4,5)26(35)17-24(28)45-33-31(42)30(41)29(40)25(18-38)46-33/h19,21-22,24-26,29-31,33,38,40-42H,3,9-18H2,1-2,4-8H3,(H,43,44)/t21-,22-,24+,25-,26+,29-,30+,31-,33-,35-,36-,37+/m1/s1. The van der Waals surface area contributed by atoms with Gasteiger partial charge in [0.15, 0.2) is 6.29 Å². The van der Waals surface area contributed by atoms with Gasteiger partial charge >= 0.3 is 5.97 Å². The smallest absolute Gasteiger partial charge is 0.306 e. The van der Waals surface area contributed by atoms with E-state index in [4.69, 9.17) is 9.47 Å². The number of rotatable bonds is 9. The van der Waals surface area contributed by atoms with Crippen LogP contribution in [-0.4, -0.2) is 80.7 Å². The molecule has 1 saturated heterocycles. The minimum Gasteiger partial charge on any atom is -0.481 e. The van der Waals surface area contributed by atoms with Gasteiger partial charge in [0.2, 0.25) is 0 Å². The molecule has 0 aromatic carbocycles. The Balaban J connectivity index is 1.58. The van der Waals surface area contributed by atoms with E-state index in [9.17, 15) is 35.1 Å². The van der Waals surface area contributed by atoms with E-state index in [1.54, 1.807) is 0 Å². The molecule has 0 bridgehead atoms. The molecule has 0 aromatic heterocycles. The predicted octanol–water partition coefficient (Wildman–Crippen LogP) is 4.79. The maximum Gasteiger partial charge on any atom is 0.306 e. The number of fused-ring (bicyclic) bond motifs is 4. The van der Waals surface area contributed by atoms with Gasteiger partial charge < -0.3 is 35.0 Å². The highest BCUT2D eigenvalue weighted by atomic mass is 16.7. The van der Waals surface area contributed by atoms with E-state index < -0.39 is 66.1 Å². The number of Topliss-reactive ketones (excluding diaryl/α,β-unsaturated/α-hetero) is 1. The summed E-state index contributed by atoms with van der Waals surface area (Å²) in [5.41, 5.74) is 1.90. The van der Waals surface area contributed by atoms with Gasteiger partial charge in [-0.25, -0.2) is 0 Å². The van der Waals surface area contributed by atoms with Gasteiger partial charge in [-0.15, -0.1) is 0 Å². The third kappa shape index (κ3) is 5.36. The van der Waals surface area contributed by atoms with Gasteiger partial charge in [0.25, 0.3) is 0 Å². The van der Waals surface area contributed by atoms with Crippen LogP contribution >= 0.6 is 0 Å². The van der Waals surface area contributed by atoms with Gasteiger partial charge in [-0.05, 0) is 90.9 Å². The Morgan fingerprint density at radius 3 is 2.30 bits per heavy atom. The number of aliphatic hydroxyl groups is 4. The second-order valence-corrected chi connectivity index (χ2v) is 16.8. The molecule has 1 aliphatic heterocycles. The monoisotopic (exact) mass is 646 g/mol. The number of aliphatic carboxylic acids is 1. The Labute approximate surface area is 274 Å². The number of allylic oxidation sites excluding steroid dienone is 2. The molecule has 9 nitrogen and oxygen atoms in total. The Bertz CT molecular complexity index is 1250. The van der Waals surface area contributed by atoms with Crippen LogP contribution in [0.15, 0.2) is 23.3 Å². The Morgan fingerprint density at radius 2 is 1.70 bits per heavy atom. The first-order chi connectivity index (χ1) is 21.3. The van der Waals surface area contributed by atoms with Crippen LogP contribution in [0.1, 0.15) is 106 Å². The van der Waals surface area contributed by atoms with Gasteiger partial charge in [-0.2, -0.15) is 0 Å². The number of carbonyl (C=O) groups excluding carboxylic acids is 1. The van der Waals surface area contributed by atoms with Gasteiger partial charge in [0, 0.05) is 11.8 Å². The molecule has 0 aromatic rings. The number of hydrogen-bond donors (Lipinski definition) is 5. The minimum atomic E-state index is -1.56. The summed E-state index contributed by atoms with van der Waals surface area (Å²) >= 11 is 0. The average molecular weight is 647 g/mol. The summed E-state index contributed by atoms with van der Waals surface area (Å²) in [6.45, 7) is 18.7. The zero-order chi connectivity index (χ0) is 34.1. The number of ether oxygens (including phenoxy) is 2. The Hall–Kier alpha value is -1.62. The van der Waals surface area contributed by atoms with Crippen molar-refractivity contribution >= 4 is 11.8 Å². The van der Waals surface area contributed by atoms with Gasteiger partial charge in [0.05, 0.1) is 18.6 Å². The van der Waals surface area contributed by atoms with Crippen LogP contribution in [-0.2, 0) is 19.1 Å². The third-order valence-electron chi connectivity index (χ3n) is 14.1. The van der Waals surface area contributed by atoms with E-state index in [1.165, 1.54) is 5.57 Å². The van der Waals surface area contributed by atoms with E-state index in [0.717, 1.165) is 43.3 Å². The topological polar surface area (TPSA) is 154 Å². The highest BCUT2D eigenvalue weighted by Gasteiger charge is 2.66. The zero-order valence-corrected chi connectivity index (χ0v) is 28.9. The highest BCUT2D eigenvalue weighted by molar-refractivity contribution is 5.86. The normalized spacial score (nSPS) is 44.4. The van der Waals surface area contributed by atoms with E-state index in [-0.39, 0.29) is 28.4 Å². The van der Waals surface area contributed by atoms with Gasteiger partial charge in [0.1, 0.15) is 30.2 Å². The molecule has 46 heavy (non-hydrogen) atoms. The van der Waals surface area contributed by atoms with Crippen molar-refractivity contribution in [3.8, 4) is 0 Å². The predicted molar refractivity (Wildman–Crippen MR) is 172 cm³/mol. The van der Waals surface area contributed by atoms with Gasteiger partial charge in [-0.3, -0.25) is 9.59 Å². The molecule has 0 spiro atoms. The molecule has 12 atom stereocenters. The summed E-state index contributed by atoms with van der Waals surface area (Å²) in [7, 11) is 0. The molecule has 3 fully saturated rings. The maximum absolute atomic E-state index is 13.3. The molecule has 0 radical (unpaired) electrons.